The van der Waals surface area contributed by atoms with E-state index in [0.29, 0.717) is 12.5 Å². The van der Waals surface area contributed by atoms with Crippen molar-refractivity contribution in [3.05, 3.63) is 0 Å². The molecule has 3 nitrogen and oxygen atoms in total. The number of amides is 1. The summed E-state index contributed by atoms with van der Waals surface area (Å²) in [5, 5.41) is 2.99. The quantitative estimate of drug-likeness (QED) is 0.770. The largest absolute Gasteiger partial charge is 0.448 e. The van der Waals surface area contributed by atoms with Crippen molar-refractivity contribution in [2.75, 3.05) is 12.5 Å². The Morgan fingerprint density at radius 2 is 1.42 bits per heavy atom. The van der Waals surface area contributed by atoms with Crippen LogP contribution in [0, 0.1) is 0 Å². The highest BCUT2D eigenvalue weighted by atomic mass is 35.5. The predicted molar refractivity (Wildman–Crippen MR) is 79.8 cm³/mol. The predicted octanol–water partition coefficient (Wildman–Crippen LogP) is 4.62. The molecule has 1 aliphatic carbocycles. The molecule has 1 saturated carbocycles. The van der Waals surface area contributed by atoms with Gasteiger partial charge in [0.15, 0.2) is 0 Å². The molecule has 0 aromatic rings. The zero-order chi connectivity index (χ0) is 13.8. The first-order valence-electron chi connectivity index (χ1n) is 7.82. The summed E-state index contributed by atoms with van der Waals surface area (Å²) in [7, 11) is 0. The maximum Gasteiger partial charge on any atom is 0.407 e. The maximum atomic E-state index is 11.6. The number of hydrogen-bond acceptors (Lipinski definition) is 2. The summed E-state index contributed by atoms with van der Waals surface area (Å²) in [4.78, 5) is 11.6. The van der Waals surface area contributed by atoms with Crippen LogP contribution < -0.4 is 5.32 Å². The molecule has 0 aromatic heterocycles. The second kappa shape index (κ2) is 11.4. The summed E-state index contributed by atoms with van der Waals surface area (Å²) < 4.78 is 4.98. The van der Waals surface area contributed by atoms with Crippen molar-refractivity contribution in [2.45, 2.75) is 76.7 Å². The van der Waals surface area contributed by atoms with Crippen molar-refractivity contribution in [2.24, 2.45) is 0 Å². The molecule has 19 heavy (non-hydrogen) atoms. The van der Waals surface area contributed by atoms with Gasteiger partial charge in [-0.2, -0.15) is 0 Å². The van der Waals surface area contributed by atoms with Crippen molar-refractivity contribution in [1.82, 2.24) is 5.32 Å². The third-order valence-electron chi connectivity index (χ3n) is 3.74. The number of halogens is 1. The third-order valence-corrected chi connectivity index (χ3v) is 3.89. The third kappa shape index (κ3) is 9.15. The van der Waals surface area contributed by atoms with E-state index >= 15 is 0 Å². The van der Waals surface area contributed by atoms with Crippen LogP contribution in [0.5, 0.6) is 0 Å². The molecule has 0 spiro atoms. The Morgan fingerprint density at radius 1 is 0.947 bits per heavy atom. The van der Waals surface area contributed by atoms with Crippen LogP contribution in [0.25, 0.3) is 0 Å². The molecule has 0 bridgehead atoms. The fourth-order valence-corrected chi connectivity index (χ4v) is 2.72. The molecular weight excluding hydrogens is 262 g/mol. The van der Waals surface area contributed by atoms with Crippen LogP contribution in [-0.2, 0) is 4.74 Å². The summed E-state index contributed by atoms with van der Waals surface area (Å²) in [5.74, 6) is 0.359. The summed E-state index contributed by atoms with van der Waals surface area (Å²) >= 11 is 5.50. The molecule has 0 unspecified atom stereocenters. The number of carbonyl (C=O) groups is 1. The minimum Gasteiger partial charge on any atom is -0.448 e. The first-order chi connectivity index (χ1) is 9.33. The number of alkyl carbamates (subject to hydrolysis) is 1. The smallest absolute Gasteiger partial charge is 0.407 e. The molecule has 4 heteroatoms. The van der Waals surface area contributed by atoms with Crippen LogP contribution in [0.1, 0.15) is 70.6 Å². The Labute approximate surface area is 122 Å². The van der Waals surface area contributed by atoms with E-state index in [2.05, 4.69) is 5.32 Å². The summed E-state index contributed by atoms with van der Waals surface area (Å²) in [6, 6.07) is 0.280. The van der Waals surface area contributed by atoms with Gasteiger partial charge >= 0.3 is 6.09 Å². The van der Waals surface area contributed by atoms with Gasteiger partial charge in [-0.25, -0.2) is 4.79 Å². The highest BCUT2D eigenvalue weighted by molar-refractivity contribution is 6.18. The van der Waals surface area contributed by atoms with E-state index in [0.717, 1.165) is 12.8 Å². The topological polar surface area (TPSA) is 38.3 Å². The van der Waals surface area contributed by atoms with Gasteiger partial charge in [-0.15, -0.1) is 11.6 Å². The van der Waals surface area contributed by atoms with Crippen molar-refractivity contribution < 1.29 is 9.53 Å². The molecule has 1 rings (SSSR count). The van der Waals surface area contributed by atoms with E-state index in [1.54, 1.807) is 0 Å². The van der Waals surface area contributed by atoms with Crippen molar-refractivity contribution in [3.8, 4) is 0 Å². The SMILES string of the molecule is O=C(NC1CCCCCCCCCCC1)OCCCl. The normalized spacial score (nSPS) is 20.1. The molecule has 0 heterocycles. The number of nitrogens with one attached hydrogen (secondary N) is 1. The maximum absolute atomic E-state index is 11.6. The monoisotopic (exact) mass is 289 g/mol. The van der Waals surface area contributed by atoms with Crippen molar-refractivity contribution >= 4 is 17.7 Å². The zero-order valence-corrected chi connectivity index (χ0v) is 12.7. The number of alkyl halides is 1. The lowest BCUT2D eigenvalue weighted by molar-refractivity contribution is 0.147. The minimum absolute atomic E-state index is 0.280. The van der Waals surface area contributed by atoms with Crippen LogP contribution in [0.2, 0.25) is 0 Å². The van der Waals surface area contributed by atoms with Crippen LogP contribution in [0.15, 0.2) is 0 Å². The van der Waals surface area contributed by atoms with Gasteiger partial charge in [0, 0.05) is 6.04 Å². The molecule has 0 aromatic carbocycles. The first-order valence-corrected chi connectivity index (χ1v) is 8.35. The van der Waals surface area contributed by atoms with Gasteiger partial charge < -0.3 is 10.1 Å². The Morgan fingerprint density at radius 3 is 1.89 bits per heavy atom. The molecule has 0 aliphatic heterocycles. The van der Waals surface area contributed by atoms with Crippen LogP contribution in [0.3, 0.4) is 0 Å². The van der Waals surface area contributed by atoms with E-state index in [1.807, 2.05) is 0 Å². The molecule has 0 atom stereocenters. The highest BCUT2D eigenvalue weighted by Gasteiger charge is 2.13. The van der Waals surface area contributed by atoms with Crippen molar-refractivity contribution in [1.29, 1.82) is 0 Å². The number of hydrogen-bond donors (Lipinski definition) is 1. The van der Waals surface area contributed by atoms with Crippen LogP contribution in [0.4, 0.5) is 4.79 Å². The van der Waals surface area contributed by atoms with E-state index < -0.39 is 0 Å². The first kappa shape index (κ1) is 16.6. The molecule has 0 saturated heterocycles. The molecule has 1 aliphatic rings. The Balaban J connectivity index is 2.27. The average Bonchev–Trinajstić information content (AvgIpc) is 2.39. The van der Waals surface area contributed by atoms with Gasteiger partial charge in [-0.3, -0.25) is 0 Å². The Kier molecular flexibility index (Phi) is 9.96. The molecule has 112 valence electrons. The van der Waals surface area contributed by atoms with Crippen LogP contribution in [-0.4, -0.2) is 24.6 Å². The van der Waals surface area contributed by atoms with Crippen molar-refractivity contribution in [3.63, 3.8) is 0 Å². The van der Waals surface area contributed by atoms with Gasteiger partial charge in [0.05, 0.1) is 5.88 Å². The summed E-state index contributed by atoms with van der Waals surface area (Å²) in [5.41, 5.74) is 0. The van der Waals surface area contributed by atoms with E-state index in [1.165, 1.54) is 57.8 Å². The summed E-state index contributed by atoms with van der Waals surface area (Å²) in [6.45, 7) is 0.292. The number of carbonyl (C=O) groups excluding carboxylic acids is 1. The fourth-order valence-electron chi connectivity index (χ4n) is 2.65. The summed E-state index contributed by atoms with van der Waals surface area (Å²) in [6.07, 6.45) is 13.7. The average molecular weight is 290 g/mol. The lowest BCUT2D eigenvalue weighted by Crippen LogP contribution is -2.35. The van der Waals surface area contributed by atoms with Gasteiger partial charge in [0.1, 0.15) is 6.61 Å². The van der Waals surface area contributed by atoms with Gasteiger partial charge in [-0.1, -0.05) is 57.8 Å². The van der Waals surface area contributed by atoms with Gasteiger partial charge in [-0.05, 0) is 12.8 Å². The molecule has 1 fully saturated rings. The van der Waals surface area contributed by atoms with E-state index in [-0.39, 0.29) is 12.1 Å². The van der Waals surface area contributed by atoms with Gasteiger partial charge in [0.2, 0.25) is 0 Å². The number of rotatable bonds is 3. The lowest BCUT2D eigenvalue weighted by Gasteiger charge is -2.19. The molecular formula is C15H28ClNO2. The lowest BCUT2D eigenvalue weighted by atomic mass is 9.98. The molecule has 1 amide bonds. The second-order valence-electron chi connectivity index (χ2n) is 5.43. The van der Waals surface area contributed by atoms with Gasteiger partial charge in [0.25, 0.3) is 0 Å². The second-order valence-corrected chi connectivity index (χ2v) is 5.80. The van der Waals surface area contributed by atoms with E-state index in [9.17, 15) is 4.79 Å². The van der Waals surface area contributed by atoms with E-state index in [4.69, 9.17) is 16.3 Å². The Hall–Kier alpha value is -0.440. The standard InChI is InChI=1S/C15H28ClNO2/c16-12-13-19-15(18)17-14-10-8-6-4-2-1-3-5-7-9-11-14/h14H,1-13H2,(H,17,18). The molecule has 0 radical (unpaired) electrons. The molecule has 1 N–H and O–H groups in total. The Bertz CT molecular complexity index is 224. The zero-order valence-electron chi connectivity index (χ0n) is 12.0. The number of ether oxygens (including phenoxy) is 1. The fraction of sp³-hybridized carbons (Fsp3) is 0.933. The van der Waals surface area contributed by atoms with Crippen LogP contribution >= 0.6 is 11.6 Å². The minimum atomic E-state index is -0.308. The highest BCUT2D eigenvalue weighted by Crippen LogP contribution is 2.17.